The first kappa shape index (κ1) is 13.7. The predicted molar refractivity (Wildman–Crippen MR) is 69.2 cm³/mol. The fourth-order valence-corrected chi connectivity index (χ4v) is 1.97. The Bertz CT molecular complexity index is 634. The van der Waals surface area contributed by atoms with Gasteiger partial charge >= 0.3 is 5.97 Å². The standard InChI is InChI=1S/C14H14N2O5/c1-9-15-16-12(21-9)8-20-13(17)10-3-2-4-11(7-10)14-18-5-6-19-14/h2-4,7,14H,5-6,8H2,1H3. The molecule has 3 rings (SSSR count). The fraction of sp³-hybridized carbons (Fsp3) is 0.357. The van der Waals surface area contributed by atoms with Gasteiger partial charge < -0.3 is 18.6 Å². The number of rotatable bonds is 4. The SMILES string of the molecule is Cc1nnc(COC(=O)c2cccc(C3OCCO3)c2)o1. The summed E-state index contributed by atoms with van der Waals surface area (Å²) in [5.41, 5.74) is 1.21. The predicted octanol–water partition coefficient (Wildman–Crippen LogP) is 1.78. The van der Waals surface area contributed by atoms with E-state index in [-0.39, 0.29) is 12.5 Å². The molecule has 1 fully saturated rings. The number of carbonyl (C=O) groups excluding carboxylic acids is 1. The van der Waals surface area contributed by atoms with Crippen molar-refractivity contribution < 1.29 is 23.4 Å². The van der Waals surface area contributed by atoms with Gasteiger partial charge in [0.15, 0.2) is 12.9 Å². The second-order valence-electron chi connectivity index (χ2n) is 4.49. The molecule has 0 saturated carbocycles. The Morgan fingerprint density at radius 1 is 1.33 bits per heavy atom. The van der Waals surface area contributed by atoms with E-state index in [1.165, 1.54) is 0 Å². The van der Waals surface area contributed by atoms with E-state index in [2.05, 4.69) is 10.2 Å². The molecule has 0 N–H and O–H groups in total. The zero-order valence-corrected chi connectivity index (χ0v) is 11.4. The Balaban J connectivity index is 1.65. The van der Waals surface area contributed by atoms with Crippen LogP contribution in [0.3, 0.4) is 0 Å². The molecule has 7 heteroatoms. The van der Waals surface area contributed by atoms with Gasteiger partial charge in [-0.25, -0.2) is 4.79 Å². The van der Waals surface area contributed by atoms with Gasteiger partial charge in [-0.15, -0.1) is 10.2 Å². The lowest BCUT2D eigenvalue weighted by molar-refractivity contribution is -0.0441. The highest BCUT2D eigenvalue weighted by Gasteiger charge is 2.19. The molecule has 1 aromatic carbocycles. The van der Waals surface area contributed by atoms with Gasteiger partial charge in [-0.2, -0.15) is 0 Å². The summed E-state index contributed by atoms with van der Waals surface area (Å²) in [7, 11) is 0. The summed E-state index contributed by atoms with van der Waals surface area (Å²) in [4.78, 5) is 12.0. The number of hydrogen-bond donors (Lipinski definition) is 0. The first-order valence-electron chi connectivity index (χ1n) is 6.51. The van der Waals surface area contributed by atoms with Crippen molar-refractivity contribution >= 4 is 5.97 Å². The molecule has 110 valence electrons. The molecule has 0 radical (unpaired) electrons. The lowest BCUT2D eigenvalue weighted by atomic mass is 10.1. The fourth-order valence-electron chi connectivity index (χ4n) is 1.97. The molecule has 0 unspecified atom stereocenters. The molecule has 0 atom stereocenters. The third-order valence-corrected chi connectivity index (χ3v) is 2.91. The third-order valence-electron chi connectivity index (χ3n) is 2.91. The smallest absolute Gasteiger partial charge is 0.338 e. The van der Waals surface area contributed by atoms with Crippen molar-refractivity contribution in [1.29, 1.82) is 0 Å². The van der Waals surface area contributed by atoms with Gasteiger partial charge in [-0.3, -0.25) is 0 Å². The third kappa shape index (κ3) is 3.26. The summed E-state index contributed by atoms with van der Waals surface area (Å²) in [6.07, 6.45) is -0.420. The highest BCUT2D eigenvalue weighted by molar-refractivity contribution is 5.89. The van der Waals surface area contributed by atoms with Crippen LogP contribution in [0.5, 0.6) is 0 Å². The first-order chi connectivity index (χ1) is 10.2. The minimum absolute atomic E-state index is 0.0552. The maximum atomic E-state index is 12.0. The maximum absolute atomic E-state index is 12.0. The second-order valence-corrected chi connectivity index (χ2v) is 4.49. The van der Waals surface area contributed by atoms with E-state index in [0.29, 0.717) is 24.7 Å². The number of ether oxygens (including phenoxy) is 3. The summed E-state index contributed by atoms with van der Waals surface area (Å²) in [5, 5.41) is 7.42. The lowest BCUT2D eigenvalue weighted by Gasteiger charge is -2.10. The molecule has 1 aliphatic rings. The van der Waals surface area contributed by atoms with Crippen LogP contribution in [0.25, 0.3) is 0 Å². The number of aryl methyl sites for hydroxylation is 1. The molecule has 0 amide bonds. The first-order valence-corrected chi connectivity index (χ1v) is 6.51. The molecule has 0 bridgehead atoms. The van der Waals surface area contributed by atoms with Gasteiger partial charge in [0.2, 0.25) is 5.89 Å². The zero-order chi connectivity index (χ0) is 14.7. The summed E-state index contributed by atoms with van der Waals surface area (Å²) in [6.45, 7) is 2.72. The van der Waals surface area contributed by atoms with Crippen LogP contribution in [0, 0.1) is 6.92 Å². The molecule has 21 heavy (non-hydrogen) atoms. The molecule has 7 nitrogen and oxygen atoms in total. The van der Waals surface area contributed by atoms with E-state index in [0.717, 1.165) is 5.56 Å². The van der Waals surface area contributed by atoms with E-state index in [1.807, 2.05) is 6.07 Å². The molecule has 1 aliphatic heterocycles. The molecule has 1 aromatic heterocycles. The van der Waals surface area contributed by atoms with Crippen LogP contribution in [0.1, 0.15) is 34.0 Å². The average molecular weight is 290 g/mol. The molecule has 0 aliphatic carbocycles. The van der Waals surface area contributed by atoms with Gasteiger partial charge in [-0.1, -0.05) is 12.1 Å². The number of aromatic nitrogens is 2. The highest BCUT2D eigenvalue weighted by atomic mass is 16.7. The number of nitrogens with zero attached hydrogens (tertiary/aromatic N) is 2. The molecule has 2 heterocycles. The molecular weight excluding hydrogens is 276 g/mol. The van der Waals surface area contributed by atoms with Crippen molar-refractivity contribution in [2.75, 3.05) is 13.2 Å². The van der Waals surface area contributed by atoms with E-state index >= 15 is 0 Å². The van der Waals surface area contributed by atoms with Crippen LogP contribution in [-0.2, 0) is 20.8 Å². The summed E-state index contributed by atoms with van der Waals surface area (Å²) in [5.74, 6) is 0.226. The molecular formula is C14H14N2O5. The van der Waals surface area contributed by atoms with Crippen molar-refractivity contribution in [3.05, 3.63) is 47.2 Å². The monoisotopic (exact) mass is 290 g/mol. The summed E-state index contributed by atoms with van der Waals surface area (Å²) in [6, 6.07) is 6.96. The van der Waals surface area contributed by atoms with Crippen molar-refractivity contribution in [1.82, 2.24) is 10.2 Å². The van der Waals surface area contributed by atoms with Gasteiger partial charge in [0.05, 0.1) is 18.8 Å². The molecule has 2 aromatic rings. The zero-order valence-electron chi connectivity index (χ0n) is 11.4. The van der Waals surface area contributed by atoms with Gasteiger partial charge in [0.25, 0.3) is 5.89 Å². The van der Waals surface area contributed by atoms with Crippen LogP contribution in [0.4, 0.5) is 0 Å². The Kier molecular flexibility index (Phi) is 3.94. The van der Waals surface area contributed by atoms with Crippen molar-refractivity contribution in [3.8, 4) is 0 Å². The summed E-state index contributed by atoms with van der Waals surface area (Å²) >= 11 is 0. The maximum Gasteiger partial charge on any atom is 0.338 e. The lowest BCUT2D eigenvalue weighted by Crippen LogP contribution is -2.07. The normalized spacial score (nSPS) is 15.3. The Morgan fingerprint density at radius 3 is 2.86 bits per heavy atom. The summed E-state index contributed by atoms with van der Waals surface area (Å²) < 4.78 is 21.1. The van der Waals surface area contributed by atoms with Crippen LogP contribution < -0.4 is 0 Å². The van der Waals surface area contributed by atoms with Crippen LogP contribution in [0.15, 0.2) is 28.7 Å². The van der Waals surface area contributed by atoms with E-state index < -0.39 is 12.3 Å². The Hall–Kier alpha value is -2.25. The van der Waals surface area contributed by atoms with Gasteiger partial charge in [0.1, 0.15) is 0 Å². The second kappa shape index (κ2) is 6.02. The van der Waals surface area contributed by atoms with E-state index in [9.17, 15) is 4.79 Å². The Labute approximate surface area is 120 Å². The Morgan fingerprint density at radius 2 is 2.14 bits per heavy atom. The topological polar surface area (TPSA) is 83.7 Å². The number of hydrogen-bond acceptors (Lipinski definition) is 7. The minimum Gasteiger partial charge on any atom is -0.452 e. The highest BCUT2D eigenvalue weighted by Crippen LogP contribution is 2.24. The molecule has 0 spiro atoms. The van der Waals surface area contributed by atoms with E-state index in [1.54, 1.807) is 25.1 Å². The van der Waals surface area contributed by atoms with Crippen molar-refractivity contribution in [2.24, 2.45) is 0 Å². The van der Waals surface area contributed by atoms with E-state index in [4.69, 9.17) is 18.6 Å². The molecule has 1 saturated heterocycles. The largest absolute Gasteiger partial charge is 0.452 e. The minimum atomic E-state index is -0.467. The van der Waals surface area contributed by atoms with Crippen molar-refractivity contribution in [3.63, 3.8) is 0 Å². The number of carbonyl (C=O) groups is 1. The van der Waals surface area contributed by atoms with Gasteiger partial charge in [-0.05, 0) is 12.1 Å². The van der Waals surface area contributed by atoms with Crippen LogP contribution in [-0.4, -0.2) is 29.4 Å². The van der Waals surface area contributed by atoms with Crippen LogP contribution >= 0.6 is 0 Å². The average Bonchev–Trinajstić information content (AvgIpc) is 3.16. The number of esters is 1. The quantitative estimate of drug-likeness (QED) is 0.793. The van der Waals surface area contributed by atoms with Crippen LogP contribution in [0.2, 0.25) is 0 Å². The van der Waals surface area contributed by atoms with Gasteiger partial charge in [0, 0.05) is 12.5 Å². The number of benzene rings is 1. The van der Waals surface area contributed by atoms with Crippen molar-refractivity contribution in [2.45, 2.75) is 19.8 Å².